The van der Waals surface area contributed by atoms with Crippen LogP contribution in [0.5, 0.6) is 0 Å². The molecule has 0 atom stereocenters. The number of aliphatic imine (C=N–C) groups is 8. The average molecular weight is 700 g/mol. The van der Waals surface area contributed by atoms with Crippen LogP contribution in [0, 0.1) is 0 Å². The van der Waals surface area contributed by atoms with Gasteiger partial charge in [0.25, 0.3) is 0 Å². The Labute approximate surface area is 282 Å². The van der Waals surface area contributed by atoms with Crippen LogP contribution in [0.15, 0.2) is 87.0 Å². The van der Waals surface area contributed by atoms with Gasteiger partial charge in [-0.25, -0.2) is 0 Å². The van der Waals surface area contributed by atoms with E-state index in [-0.39, 0.29) is 34.1 Å². The first-order valence-corrected chi connectivity index (χ1v) is 14.6. The molecule has 242 valence electrons. The molecule has 44 heavy (non-hydrogen) atoms. The Hall–Kier alpha value is -3.44. The van der Waals surface area contributed by atoms with Crippen LogP contribution in [-0.4, -0.2) is 128 Å². The summed E-state index contributed by atoms with van der Waals surface area (Å²) in [6.45, 7) is 8.10. The third kappa shape index (κ3) is 19.7. The van der Waals surface area contributed by atoms with Gasteiger partial charge in [0.1, 0.15) is 0 Å². The van der Waals surface area contributed by atoms with Crippen molar-refractivity contribution in [2.75, 3.05) is 78.5 Å². The second-order valence-electron chi connectivity index (χ2n) is 9.38. The first-order valence-electron chi connectivity index (χ1n) is 14.6. The van der Waals surface area contributed by atoms with Crippen molar-refractivity contribution in [1.82, 2.24) is 21.3 Å². The summed E-state index contributed by atoms with van der Waals surface area (Å²) in [5.74, 6) is 0. The van der Waals surface area contributed by atoms with E-state index in [4.69, 9.17) is 0 Å². The van der Waals surface area contributed by atoms with Gasteiger partial charge in [-0.1, -0.05) is 0 Å². The van der Waals surface area contributed by atoms with Gasteiger partial charge >= 0.3 is 34.1 Å². The van der Waals surface area contributed by atoms with Gasteiger partial charge in [0.15, 0.2) is 0 Å². The van der Waals surface area contributed by atoms with Crippen LogP contribution in [0.3, 0.4) is 0 Å². The molecular formula is C30H44Cu2N12+4. The van der Waals surface area contributed by atoms with Crippen LogP contribution < -0.4 is 21.3 Å². The summed E-state index contributed by atoms with van der Waals surface area (Å²) in [5.41, 5.74) is 3.68. The van der Waals surface area contributed by atoms with E-state index in [1.54, 1.807) is 0 Å². The molecule has 4 N–H and O–H groups in total. The van der Waals surface area contributed by atoms with Crippen molar-refractivity contribution in [3.8, 4) is 0 Å². The van der Waals surface area contributed by atoms with Crippen LogP contribution >= 0.6 is 0 Å². The molecule has 2 radical (unpaired) electrons. The summed E-state index contributed by atoms with van der Waals surface area (Å²) in [6, 6.07) is 0. The standard InChI is InChI=1S/C30H44N12.2Cu/c1-3-31-15-27-19-35-7-11-39-23-29(24-40-12-8-36-20-27)17-33-5-2-6-34-18-30-25-41-13-9-37-21-28(16-32-4-1)22-38-10-14-42-26-30;;/h15-26,35,37,40,42H,1-14H2;;/q;2*+2. The van der Waals surface area contributed by atoms with Gasteiger partial charge in [-0.2, -0.15) is 0 Å². The van der Waals surface area contributed by atoms with E-state index in [1.807, 2.05) is 74.5 Å². The monoisotopic (exact) mass is 698 g/mol. The number of hydrogen-bond donors (Lipinski definition) is 4. The topological polar surface area (TPSA) is 147 Å². The Morgan fingerprint density at radius 2 is 0.523 bits per heavy atom. The fourth-order valence-corrected chi connectivity index (χ4v) is 3.57. The maximum Gasteiger partial charge on any atom is 2.00 e. The van der Waals surface area contributed by atoms with Crippen molar-refractivity contribution in [1.29, 1.82) is 0 Å². The SMILES string of the molecule is C1=NCCCN=CC2=CNCCN=CC(=CNCCN=C2)C=NCCCN=CC2=CNCCN=CC1=CNCCN=C2.[Cu+2].[Cu+2]. The second kappa shape index (κ2) is 27.1. The van der Waals surface area contributed by atoms with Crippen molar-refractivity contribution < 1.29 is 34.1 Å². The molecule has 6 rings (SSSR count). The Balaban J connectivity index is 0.00000484. The third-order valence-electron chi connectivity index (χ3n) is 5.69. The van der Waals surface area contributed by atoms with Crippen LogP contribution in [0.1, 0.15) is 12.8 Å². The fourth-order valence-electron chi connectivity index (χ4n) is 3.57. The van der Waals surface area contributed by atoms with Gasteiger partial charge in [-0.05, 0) is 12.8 Å². The summed E-state index contributed by atoms with van der Waals surface area (Å²) in [5, 5.41) is 13.2. The predicted octanol–water partition coefficient (Wildman–Crippen LogP) is 1.26. The van der Waals surface area contributed by atoms with E-state index in [1.165, 1.54) is 0 Å². The Bertz CT molecular complexity index is 983. The minimum absolute atomic E-state index is 0. The smallest absolute Gasteiger partial charge is 0.388 e. The molecule has 0 unspecified atom stereocenters. The number of hydrogen-bond acceptors (Lipinski definition) is 12. The number of nitrogens with zero attached hydrogens (tertiary/aromatic N) is 8. The first kappa shape index (κ1) is 38.6. The summed E-state index contributed by atoms with van der Waals surface area (Å²) < 4.78 is 0. The van der Waals surface area contributed by atoms with E-state index in [0.717, 1.165) is 35.1 Å². The summed E-state index contributed by atoms with van der Waals surface area (Å²) >= 11 is 0. The molecule has 0 saturated heterocycles. The molecule has 0 aromatic carbocycles. The molecule has 6 aliphatic heterocycles. The molecule has 0 aromatic rings. The predicted molar refractivity (Wildman–Crippen MR) is 180 cm³/mol. The molecule has 12 nitrogen and oxygen atoms in total. The van der Waals surface area contributed by atoms with E-state index in [0.29, 0.717) is 78.5 Å². The van der Waals surface area contributed by atoms with Crippen molar-refractivity contribution in [2.24, 2.45) is 39.9 Å². The Kier molecular flexibility index (Phi) is 23.8. The Morgan fingerprint density at radius 1 is 0.318 bits per heavy atom. The zero-order valence-corrected chi connectivity index (χ0v) is 26.9. The molecule has 6 heterocycles. The van der Waals surface area contributed by atoms with E-state index in [9.17, 15) is 0 Å². The van der Waals surface area contributed by atoms with E-state index < -0.39 is 0 Å². The van der Waals surface area contributed by atoms with Crippen LogP contribution in [0.2, 0.25) is 0 Å². The largest absolute Gasteiger partial charge is 2.00 e. The van der Waals surface area contributed by atoms with Crippen molar-refractivity contribution >= 4 is 49.7 Å². The van der Waals surface area contributed by atoms with Gasteiger partial charge in [-0.15, -0.1) is 0 Å². The van der Waals surface area contributed by atoms with Crippen LogP contribution in [-0.2, 0) is 34.1 Å². The molecule has 6 aliphatic rings. The number of nitrogens with one attached hydrogen (secondary N) is 4. The number of allylic oxidation sites excluding steroid dienone is 4. The molecule has 0 spiro atoms. The first-order chi connectivity index (χ1) is 20.9. The van der Waals surface area contributed by atoms with Gasteiger partial charge < -0.3 is 21.3 Å². The normalized spacial score (nSPS) is 19.6. The quantitative estimate of drug-likeness (QED) is 0.282. The van der Waals surface area contributed by atoms with Crippen LogP contribution in [0.25, 0.3) is 0 Å². The van der Waals surface area contributed by atoms with Crippen molar-refractivity contribution in [2.45, 2.75) is 12.8 Å². The second-order valence-corrected chi connectivity index (χ2v) is 9.38. The Morgan fingerprint density at radius 3 is 0.750 bits per heavy atom. The fraction of sp³-hybridized carbons (Fsp3) is 0.467. The molecule has 0 saturated carbocycles. The van der Waals surface area contributed by atoms with Crippen molar-refractivity contribution in [3.63, 3.8) is 0 Å². The molecular weight excluding hydrogens is 656 g/mol. The minimum atomic E-state index is 0. The number of rotatable bonds is 0. The van der Waals surface area contributed by atoms with Gasteiger partial charge in [0.05, 0.1) is 26.2 Å². The molecule has 14 heteroatoms. The van der Waals surface area contributed by atoms with Crippen LogP contribution in [0.4, 0.5) is 0 Å². The minimum Gasteiger partial charge on any atom is -0.388 e. The molecule has 0 aromatic heterocycles. The maximum atomic E-state index is 4.57. The maximum absolute atomic E-state index is 4.57. The van der Waals surface area contributed by atoms with E-state index in [2.05, 4.69) is 61.2 Å². The third-order valence-corrected chi connectivity index (χ3v) is 5.69. The van der Waals surface area contributed by atoms with E-state index >= 15 is 0 Å². The van der Waals surface area contributed by atoms with Gasteiger partial charge in [0.2, 0.25) is 0 Å². The molecule has 0 fully saturated rings. The zero-order chi connectivity index (χ0) is 29.2. The van der Waals surface area contributed by atoms with Crippen molar-refractivity contribution in [3.05, 3.63) is 47.1 Å². The molecule has 4 bridgehead atoms. The van der Waals surface area contributed by atoms with Gasteiger partial charge in [0, 0.05) is 149 Å². The summed E-state index contributed by atoms with van der Waals surface area (Å²) in [6.07, 6.45) is 24.2. The molecule has 0 aliphatic carbocycles. The zero-order valence-electron chi connectivity index (χ0n) is 25.0. The summed E-state index contributed by atoms with van der Waals surface area (Å²) in [7, 11) is 0. The molecule has 0 amide bonds. The summed E-state index contributed by atoms with van der Waals surface area (Å²) in [4.78, 5) is 36.4. The van der Waals surface area contributed by atoms with Gasteiger partial charge in [-0.3, -0.25) is 39.9 Å². The average Bonchev–Trinajstić information content (AvgIpc) is 2.99.